The van der Waals surface area contributed by atoms with Crippen molar-refractivity contribution in [1.82, 2.24) is 24.6 Å². The summed E-state index contributed by atoms with van der Waals surface area (Å²) in [5, 5.41) is 17.9. The Morgan fingerprint density at radius 3 is 2.66 bits per heavy atom. The smallest absolute Gasteiger partial charge is 0.315 e. The zero-order valence-electron chi connectivity index (χ0n) is 29.4. The van der Waals surface area contributed by atoms with Crippen molar-refractivity contribution in [3.05, 3.63) is 59.0 Å². The Bertz CT molecular complexity index is 1660. The molecular formula is C37H50N8O4S. The minimum Gasteiger partial charge on any atom is -0.481 e. The van der Waals surface area contributed by atoms with Gasteiger partial charge in [-0.1, -0.05) is 6.07 Å². The number of unbranched alkanes of at least 4 members (excludes halogenated alkanes) is 1. The molecule has 0 aliphatic carbocycles. The number of rotatable bonds is 15. The molecule has 1 unspecified atom stereocenters. The van der Waals surface area contributed by atoms with Crippen molar-refractivity contribution in [1.29, 1.82) is 0 Å². The fourth-order valence-electron chi connectivity index (χ4n) is 7.28. The molecule has 5 heterocycles. The van der Waals surface area contributed by atoms with E-state index in [0.29, 0.717) is 58.0 Å². The number of piperazine rings is 1. The number of carbonyl (C=O) groups excluding carboxylic acids is 2. The first-order chi connectivity index (χ1) is 24.2. The van der Waals surface area contributed by atoms with Crippen LogP contribution >= 0.6 is 11.9 Å². The first-order valence-electron chi connectivity index (χ1n) is 18.0. The molecule has 2 aromatic heterocycles. The van der Waals surface area contributed by atoms with Crippen LogP contribution in [0.1, 0.15) is 61.2 Å². The fraction of sp³-hybridized carbons (Fsp3) is 0.541. The zero-order chi connectivity index (χ0) is 35.0. The third-order valence-corrected chi connectivity index (χ3v) is 11.0. The summed E-state index contributed by atoms with van der Waals surface area (Å²) in [5.41, 5.74) is 7.28. The quantitative estimate of drug-likeness (QED) is 0.130. The molecule has 6 rings (SSSR count). The van der Waals surface area contributed by atoms with Crippen molar-refractivity contribution in [3.8, 4) is 5.69 Å². The highest BCUT2D eigenvalue weighted by atomic mass is 32.2. The first-order valence-corrected chi connectivity index (χ1v) is 18.9. The fourth-order valence-corrected chi connectivity index (χ4v) is 8.04. The van der Waals surface area contributed by atoms with Gasteiger partial charge >= 0.3 is 5.97 Å². The Morgan fingerprint density at radius 2 is 1.90 bits per heavy atom. The van der Waals surface area contributed by atoms with Crippen LogP contribution in [0.3, 0.4) is 0 Å². The van der Waals surface area contributed by atoms with E-state index in [-0.39, 0.29) is 11.7 Å². The highest BCUT2D eigenvalue weighted by molar-refractivity contribution is 8.01. The number of anilines is 3. The van der Waals surface area contributed by atoms with Gasteiger partial charge in [-0.25, -0.2) is 9.67 Å². The van der Waals surface area contributed by atoms with Crippen molar-refractivity contribution < 1.29 is 19.5 Å². The number of carboxylic acids is 1. The Balaban J connectivity index is 1.17. The van der Waals surface area contributed by atoms with E-state index in [4.69, 9.17) is 10.1 Å². The zero-order valence-corrected chi connectivity index (χ0v) is 30.2. The SMILES string of the molecule is Cc1cc(C)n(-c2cc(N3CCN(C(=O)CCCC=O)CC3)cc(N(CN3CCC(CCc4ccc5c(n4)NCCC5)C3)SCC(=O)O)c2)n1. The third kappa shape index (κ3) is 9.16. The van der Waals surface area contributed by atoms with E-state index >= 15 is 0 Å². The predicted octanol–water partition coefficient (Wildman–Crippen LogP) is 4.71. The number of carbonyl (C=O) groups is 3. The molecule has 268 valence electrons. The van der Waals surface area contributed by atoms with Gasteiger partial charge in [0.1, 0.15) is 17.9 Å². The highest BCUT2D eigenvalue weighted by Crippen LogP contribution is 2.33. The van der Waals surface area contributed by atoms with Crippen LogP contribution in [0.4, 0.5) is 17.2 Å². The molecule has 2 saturated heterocycles. The molecule has 1 amide bonds. The van der Waals surface area contributed by atoms with Gasteiger partial charge in [0.2, 0.25) is 5.91 Å². The van der Waals surface area contributed by atoms with Gasteiger partial charge in [-0.05, 0) is 106 Å². The number of hydrogen-bond acceptors (Lipinski definition) is 10. The van der Waals surface area contributed by atoms with Crippen LogP contribution in [-0.2, 0) is 27.2 Å². The average molecular weight is 703 g/mol. The minimum absolute atomic E-state index is 0.0420. The second kappa shape index (κ2) is 16.7. The number of aliphatic carboxylic acids is 1. The van der Waals surface area contributed by atoms with E-state index < -0.39 is 5.97 Å². The molecule has 0 saturated carbocycles. The minimum atomic E-state index is -0.852. The lowest BCUT2D eigenvalue weighted by atomic mass is 10.00. The Hall–Kier alpha value is -4.10. The van der Waals surface area contributed by atoms with Crippen LogP contribution in [0.25, 0.3) is 5.69 Å². The lowest BCUT2D eigenvalue weighted by Gasteiger charge is -2.37. The number of aromatic nitrogens is 3. The number of nitrogens with one attached hydrogen (secondary N) is 1. The topological polar surface area (TPSA) is 127 Å². The Labute approximate surface area is 299 Å². The molecule has 0 radical (unpaired) electrons. The Morgan fingerprint density at radius 1 is 1.08 bits per heavy atom. The van der Waals surface area contributed by atoms with Crippen molar-refractivity contribution in [2.75, 3.05) is 72.8 Å². The summed E-state index contributed by atoms with van der Waals surface area (Å²) in [6.45, 7) is 10.1. The standard InChI is InChI=1S/C37H50N8O4S/c1-27-20-28(2)45(40-27)34-22-32(42-15-17-43(18-16-42)35(47)7-3-4-19-46)21-33(23-34)44(50-25-36(48)49)26-41-14-12-29(24-41)8-10-31-11-9-30-6-5-13-38-37(30)39-31/h9,11,19-23,29H,3-8,10,12-18,24-26H2,1-2H3,(H,38,39)(H,48,49). The van der Waals surface area contributed by atoms with Crippen LogP contribution < -0.4 is 14.5 Å². The van der Waals surface area contributed by atoms with Crippen molar-refractivity contribution in [3.63, 3.8) is 0 Å². The van der Waals surface area contributed by atoms with Crippen LogP contribution in [0.15, 0.2) is 36.4 Å². The van der Waals surface area contributed by atoms with Crippen LogP contribution in [0.5, 0.6) is 0 Å². The van der Waals surface area contributed by atoms with E-state index in [1.807, 2.05) is 23.4 Å². The van der Waals surface area contributed by atoms with Gasteiger partial charge in [0.05, 0.1) is 23.7 Å². The summed E-state index contributed by atoms with van der Waals surface area (Å²) in [5.74, 6) is 0.812. The van der Waals surface area contributed by atoms with E-state index in [2.05, 4.69) is 55.8 Å². The summed E-state index contributed by atoms with van der Waals surface area (Å²) < 4.78 is 4.07. The predicted molar refractivity (Wildman–Crippen MR) is 198 cm³/mol. The molecule has 0 bridgehead atoms. The van der Waals surface area contributed by atoms with Gasteiger partial charge in [-0.15, -0.1) is 0 Å². The number of benzene rings is 1. The molecule has 0 spiro atoms. The van der Waals surface area contributed by atoms with Crippen molar-refractivity contribution in [2.24, 2.45) is 5.92 Å². The monoisotopic (exact) mass is 702 g/mol. The lowest BCUT2D eigenvalue weighted by Crippen LogP contribution is -2.48. The molecule has 13 heteroatoms. The summed E-state index contributed by atoms with van der Waals surface area (Å²) in [6.07, 6.45) is 7.65. The molecule has 2 N–H and O–H groups in total. The number of fused-ring (bicyclic) bond motifs is 1. The molecule has 1 aromatic carbocycles. The molecule has 12 nitrogen and oxygen atoms in total. The van der Waals surface area contributed by atoms with Gasteiger partial charge in [0, 0.05) is 75.7 Å². The average Bonchev–Trinajstić information content (AvgIpc) is 3.73. The maximum Gasteiger partial charge on any atom is 0.315 e. The molecule has 50 heavy (non-hydrogen) atoms. The molecular weight excluding hydrogens is 653 g/mol. The third-order valence-electron chi connectivity index (χ3n) is 9.94. The van der Waals surface area contributed by atoms with Crippen molar-refractivity contribution >= 4 is 47.3 Å². The second-order valence-electron chi connectivity index (χ2n) is 13.8. The molecule has 3 aliphatic rings. The number of likely N-dealkylation sites (tertiary alicyclic amines) is 1. The number of pyridine rings is 1. The second-order valence-corrected chi connectivity index (χ2v) is 14.8. The normalized spacial score (nSPS) is 17.8. The highest BCUT2D eigenvalue weighted by Gasteiger charge is 2.27. The van der Waals surface area contributed by atoms with E-state index in [0.717, 1.165) is 98.0 Å². The largest absolute Gasteiger partial charge is 0.481 e. The number of aryl methyl sites for hydroxylation is 4. The van der Waals surface area contributed by atoms with Gasteiger partial charge < -0.3 is 29.3 Å². The van der Waals surface area contributed by atoms with Crippen LogP contribution in [-0.4, -0.2) is 106 Å². The lowest BCUT2D eigenvalue weighted by molar-refractivity contribution is -0.134. The van der Waals surface area contributed by atoms with Gasteiger partial charge in [0.25, 0.3) is 0 Å². The summed E-state index contributed by atoms with van der Waals surface area (Å²) in [6, 6.07) is 12.9. The van der Waals surface area contributed by atoms with Crippen LogP contribution in [0.2, 0.25) is 0 Å². The summed E-state index contributed by atoms with van der Waals surface area (Å²) >= 11 is 1.33. The maximum absolute atomic E-state index is 12.7. The summed E-state index contributed by atoms with van der Waals surface area (Å²) in [4.78, 5) is 46.8. The molecule has 3 aliphatic heterocycles. The van der Waals surface area contributed by atoms with E-state index in [1.54, 1.807) is 0 Å². The number of aldehydes is 1. The Kier molecular flexibility index (Phi) is 12.0. The molecule has 1 atom stereocenters. The van der Waals surface area contributed by atoms with Gasteiger partial charge in [-0.2, -0.15) is 5.10 Å². The maximum atomic E-state index is 12.7. The van der Waals surface area contributed by atoms with Gasteiger partial charge in [-0.3, -0.25) is 14.5 Å². The number of carboxylic acid groups (broad SMARTS) is 1. The van der Waals surface area contributed by atoms with Gasteiger partial charge in [0.15, 0.2) is 0 Å². The number of nitrogens with zero attached hydrogens (tertiary/aromatic N) is 7. The molecule has 2 fully saturated rings. The van der Waals surface area contributed by atoms with E-state index in [9.17, 15) is 19.5 Å². The number of amides is 1. The first kappa shape index (κ1) is 35.7. The van der Waals surface area contributed by atoms with E-state index in [1.165, 1.54) is 17.5 Å². The summed E-state index contributed by atoms with van der Waals surface area (Å²) in [7, 11) is 0. The van der Waals surface area contributed by atoms with Crippen molar-refractivity contribution in [2.45, 2.75) is 65.2 Å². The number of hydrogen-bond donors (Lipinski definition) is 2. The molecule has 3 aromatic rings. The van der Waals surface area contributed by atoms with Crippen LogP contribution in [0, 0.1) is 19.8 Å².